The van der Waals surface area contributed by atoms with Crippen LogP contribution in [0.15, 0.2) is 30.4 Å². The Hall–Kier alpha value is -1.90. The van der Waals surface area contributed by atoms with E-state index in [1.807, 2.05) is 0 Å². The van der Waals surface area contributed by atoms with Crippen molar-refractivity contribution in [1.82, 2.24) is 0 Å². The minimum atomic E-state index is -0.114. The number of hydrogen-bond acceptors (Lipinski definition) is 3. The van der Waals surface area contributed by atoms with Gasteiger partial charge in [0, 0.05) is 23.9 Å². The minimum Gasteiger partial charge on any atom is -0.388 e. The molecule has 3 nitrogen and oxygen atoms in total. The molecule has 2 rings (SSSR count). The van der Waals surface area contributed by atoms with E-state index in [1.54, 1.807) is 25.2 Å². The summed E-state index contributed by atoms with van der Waals surface area (Å²) in [5, 5.41) is 2.92. The molecule has 0 radical (unpaired) electrons. The van der Waals surface area contributed by atoms with Gasteiger partial charge in [-0.1, -0.05) is 0 Å². The van der Waals surface area contributed by atoms with Gasteiger partial charge in [0.15, 0.2) is 11.6 Å². The Labute approximate surface area is 81.4 Å². The highest BCUT2D eigenvalue weighted by Crippen LogP contribution is 2.20. The molecule has 0 aliphatic heterocycles. The molecule has 70 valence electrons. The maximum absolute atomic E-state index is 11.4. The van der Waals surface area contributed by atoms with Crippen LogP contribution in [0.1, 0.15) is 20.7 Å². The van der Waals surface area contributed by atoms with Crippen LogP contribution in [0.2, 0.25) is 0 Å². The van der Waals surface area contributed by atoms with Gasteiger partial charge in [-0.15, -0.1) is 0 Å². The smallest absolute Gasteiger partial charge is 0.186 e. The van der Waals surface area contributed by atoms with Gasteiger partial charge in [0.1, 0.15) is 0 Å². The lowest BCUT2D eigenvalue weighted by Crippen LogP contribution is -2.11. The number of benzene rings is 1. The van der Waals surface area contributed by atoms with Gasteiger partial charge in [-0.2, -0.15) is 0 Å². The van der Waals surface area contributed by atoms with Crippen LogP contribution in [0.25, 0.3) is 0 Å². The van der Waals surface area contributed by atoms with Crippen molar-refractivity contribution in [3.63, 3.8) is 0 Å². The fourth-order valence-electron chi connectivity index (χ4n) is 1.45. The first kappa shape index (κ1) is 8.69. The highest BCUT2D eigenvalue weighted by atomic mass is 16.1. The van der Waals surface area contributed by atoms with E-state index in [9.17, 15) is 9.59 Å². The molecule has 3 heteroatoms. The van der Waals surface area contributed by atoms with E-state index in [0.29, 0.717) is 11.1 Å². The lowest BCUT2D eigenvalue weighted by molar-refractivity contribution is 0.0994. The maximum Gasteiger partial charge on any atom is 0.186 e. The summed E-state index contributed by atoms with van der Waals surface area (Å²) in [6.45, 7) is 0. The summed E-state index contributed by atoms with van der Waals surface area (Å²) in [5.74, 6) is -0.223. The van der Waals surface area contributed by atoms with Gasteiger partial charge in [-0.3, -0.25) is 9.59 Å². The van der Waals surface area contributed by atoms with Crippen LogP contribution in [-0.4, -0.2) is 18.6 Å². The Kier molecular flexibility index (Phi) is 1.93. The van der Waals surface area contributed by atoms with Crippen molar-refractivity contribution in [3.8, 4) is 0 Å². The molecule has 0 amide bonds. The number of allylic oxidation sites excluding steroid dienone is 2. The predicted molar refractivity (Wildman–Crippen MR) is 53.8 cm³/mol. The van der Waals surface area contributed by atoms with E-state index in [1.165, 1.54) is 12.2 Å². The summed E-state index contributed by atoms with van der Waals surface area (Å²) in [4.78, 5) is 22.8. The number of anilines is 1. The quantitative estimate of drug-likeness (QED) is 0.727. The lowest BCUT2D eigenvalue weighted by atomic mass is 9.94. The van der Waals surface area contributed by atoms with Crippen molar-refractivity contribution in [2.75, 3.05) is 12.4 Å². The average Bonchev–Trinajstić information content (AvgIpc) is 2.23. The van der Waals surface area contributed by atoms with Crippen molar-refractivity contribution >= 4 is 17.3 Å². The summed E-state index contributed by atoms with van der Waals surface area (Å²) in [5.41, 5.74) is 1.79. The number of fused-ring (bicyclic) bond motifs is 1. The standard InChI is InChI=1S/C11H9NO2/c1-12-7-2-3-8-9(6-7)11(14)5-4-10(8)13/h2-6,12H,1H3. The van der Waals surface area contributed by atoms with Gasteiger partial charge in [-0.05, 0) is 30.4 Å². The Balaban J connectivity index is 2.61. The first-order valence-corrected chi connectivity index (χ1v) is 4.31. The highest BCUT2D eigenvalue weighted by molar-refractivity contribution is 6.22. The Morgan fingerprint density at radius 2 is 1.64 bits per heavy atom. The van der Waals surface area contributed by atoms with Gasteiger partial charge < -0.3 is 5.32 Å². The molecule has 0 atom stereocenters. The molecule has 0 saturated carbocycles. The Morgan fingerprint density at radius 1 is 1.00 bits per heavy atom. The van der Waals surface area contributed by atoms with Crippen LogP contribution in [0.3, 0.4) is 0 Å². The fourth-order valence-corrected chi connectivity index (χ4v) is 1.45. The molecule has 14 heavy (non-hydrogen) atoms. The van der Waals surface area contributed by atoms with Crippen LogP contribution in [0.5, 0.6) is 0 Å². The highest BCUT2D eigenvalue weighted by Gasteiger charge is 2.18. The van der Waals surface area contributed by atoms with Gasteiger partial charge in [0.25, 0.3) is 0 Å². The largest absolute Gasteiger partial charge is 0.388 e. The molecule has 0 heterocycles. The molecule has 0 bridgehead atoms. The van der Waals surface area contributed by atoms with Gasteiger partial charge >= 0.3 is 0 Å². The molecular formula is C11H9NO2. The zero-order chi connectivity index (χ0) is 10.1. The number of rotatable bonds is 1. The third-order valence-corrected chi connectivity index (χ3v) is 2.23. The second-order valence-corrected chi connectivity index (χ2v) is 3.07. The first-order chi connectivity index (χ1) is 6.72. The van der Waals surface area contributed by atoms with E-state index in [2.05, 4.69) is 5.32 Å². The summed E-state index contributed by atoms with van der Waals surface area (Å²) in [6, 6.07) is 5.15. The van der Waals surface area contributed by atoms with Crippen LogP contribution in [0.4, 0.5) is 5.69 Å². The Bertz CT molecular complexity index is 447. The number of hydrogen-bond donors (Lipinski definition) is 1. The van der Waals surface area contributed by atoms with Crippen molar-refractivity contribution < 1.29 is 9.59 Å². The summed E-state index contributed by atoms with van der Waals surface area (Å²) in [7, 11) is 1.77. The fraction of sp³-hybridized carbons (Fsp3) is 0.0909. The second kappa shape index (κ2) is 3.10. The van der Waals surface area contributed by atoms with Crippen molar-refractivity contribution in [3.05, 3.63) is 41.5 Å². The van der Waals surface area contributed by atoms with Gasteiger partial charge in [0.05, 0.1) is 0 Å². The number of carbonyl (C=O) groups excluding carboxylic acids is 2. The summed E-state index contributed by atoms with van der Waals surface area (Å²) < 4.78 is 0. The normalized spacial score (nSPS) is 14.1. The monoisotopic (exact) mass is 187 g/mol. The number of nitrogens with one attached hydrogen (secondary N) is 1. The second-order valence-electron chi connectivity index (χ2n) is 3.07. The lowest BCUT2D eigenvalue weighted by Gasteiger charge is -2.10. The predicted octanol–water partition coefficient (Wildman–Crippen LogP) is 1.66. The van der Waals surface area contributed by atoms with E-state index in [0.717, 1.165) is 5.69 Å². The third-order valence-electron chi connectivity index (χ3n) is 2.23. The number of carbonyl (C=O) groups is 2. The topological polar surface area (TPSA) is 46.2 Å². The average molecular weight is 187 g/mol. The maximum atomic E-state index is 11.4. The van der Waals surface area contributed by atoms with Gasteiger partial charge in [0.2, 0.25) is 0 Å². The van der Waals surface area contributed by atoms with Crippen molar-refractivity contribution in [2.24, 2.45) is 0 Å². The molecule has 1 aliphatic rings. The van der Waals surface area contributed by atoms with E-state index in [4.69, 9.17) is 0 Å². The first-order valence-electron chi connectivity index (χ1n) is 4.31. The Morgan fingerprint density at radius 3 is 2.29 bits per heavy atom. The molecule has 0 aromatic heterocycles. The molecule has 0 fully saturated rings. The molecule has 0 saturated heterocycles. The van der Waals surface area contributed by atoms with E-state index >= 15 is 0 Å². The third kappa shape index (κ3) is 1.23. The molecule has 0 unspecified atom stereocenters. The molecule has 1 N–H and O–H groups in total. The van der Waals surface area contributed by atoms with Gasteiger partial charge in [-0.25, -0.2) is 0 Å². The zero-order valence-electron chi connectivity index (χ0n) is 7.70. The minimum absolute atomic E-state index is 0.109. The van der Waals surface area contributed by atoms with Crippen LogP contribution >= 0.6 is 0 Å². The van der Waals surface area contributed by atoms with Crippen LogP contribution in [0, 0.1) is 0 Å². The molecule has 0 spiro atoms. The summed E-state index contributed by atoms with van der Waals surface area (Å²) >= 11 is 0. The van der Waals surface area contributed by atoms with E-state index < -0.39 is 0 Å². The van der Waals surface area contributed by atoms with E-state index in [-0.39, 0.29) is 11.6 Å². The van der Waals surface area contributed by atoms with Crippen LogP contribution in [-0.2, 0) is 0 Å². The van der Waals surface area contributed by atoms with Crippen molar-refractivity contribution in [2.45, 2.75) is 0 Å². The summed E-state index contributed by atoms with van der Waals surface area (Å²) in [6.07, 6.45) is 2.62. The molecular weight excluding hydrogens is 178 g/mol. The van der Waals surface area contributed by atoms with Crippen LogP contribution < -0.4 is 5.32 Å². The SMILES string of the molecule is CNc1ccc2c(c1)C(=O)C=CC2=O. The molecule has 1 aliphatic carbocycles. The zero-order valence-corrected chi connectivity index (χ0v) is 7.70. The molecule has 1 aromatic rings. The van der Waals surface area contributed by atoms with Crippen molar-refractivity contribution in [1.29, 1.82) is 0 Å². The number of ketones is 2. The molecule has 1 aromatic carbocycles.